The highest BCUT2D eigenvalue weighted by molar-refractivity contribution is 7.89. The summed E-state index contributed by atoms with van der Waals surface area (Å²) in [6.45, 7) is 1.65. The van der Waals surface area contributed by atoms with Crippen molar-refractivity contribution in [2.24, 2.45) is 0 Å². The van der Waals surface area contributed by atoms with E-state index in [4.69, 9.17) is 34.8 Å². The smallest absolute Gasteiger partial charge is 0.243 e. The molecule has 0 spiro atoms. The van der Waals surface area contributed by atoms with Gasteiger partial charge in [-0.3, -0.25) is 0 Å². The van der Waals surface area contributed by atoms with Gasteiger partial charge in [0.1, 0.15) is 5.82 Å². The molecule has 1 saturated heterocycles. The molecule has 5 nitrogen and oxygen atoms in total. The van der Waals surface area contributed by atoms with Crippen LogP contribution in [-0.4, -0.2) is 43.9 Å². The number of halogens is 4. The van der Waals surface area contributed by atoms with Crippen LogP contribution in [0.3, 0.4) is 0 Å². The van der Waals surface area contributed by atoms with E-state index in [-0.39, 0.29) is 20.8 Å². The molecule has 0 unspecified atom stereocenters. The van der Waals surface area contributed by atoms with Gasteiger partial charge in [-0.25, -0.2) is 17.8 Å². The monoisotopic (exact) mass is 519 g/mol. The number of hydrogen-bond donors (Lipinski definition) is 0. The van der Waals surface area contributed by atoms with Gasteiger partial charge in [-0.15, -0.1) is 11.3 Å². The Balaban J connectivity index is 1.42. The van der Waals surface area contributed by atoms with Crippen LogP contribution in [0.4, 0.5) is 9.52 Å². The van der Waals surface area contributed by atoms with Gasteiger partial charge in [0.05, 0.1) is 10.6 Å². The number of benzene rings is 2. The fourth-order valence-electron chi connectivity index (χ4n) is 3.39. The first kappa shape index (κ1) is 22.8. The van der Waals surface area contributed by atoms with Crippen molar-refractivity contribution in [2.75, 3.05) is 31.1 Å². The van der Waals surface area contributed by atoms with Crippen LogP contribution in [0.5, 0.6) is 0 Å². The number of nitrogens with zero attached hydrogens (tertiary/aromatic N) is 3. The molecule has 2 aromatic carbocycles. The average molecular weight is 521 g/mol. The molecule has 0 atom stereocenters. The third-order valence-electron chi connectivity index (χ3n) is 4.83. The standard InChI is InChI=1S/C20H17Cl3FN3O2S2/c21-14-5-13(6-17(24)9-14)7-18-12-30-20(25-18)26-1-3-27(4-2-26)31(28,29)19-10-15(22)8-16(23)11-19/h5-6,8-12H,1-4,7H2. The molecule has 1 aliphatic rings. The second-order valence-electron chi connectivity index (χ2n) is 7.07. The molecule has 2 heterocycles. The Hall–Kier alpha value is -1.42. The molecule has 31 heavy (non-hydrogen) atoms. The molecule has 3 aromatic rings. The van der Waals surface area contributed by atoms with Gasteiger partial charge in [-0.1, -0.05) is 34.8 Å². The predicted octanol–water partition coefficient (Wildman–Crippen LogP) is 5.34. The van der Waals surface area contributed by atoms with E-state index in [9.17, 15) is 12.8 Å². The number of aromatic nitrogens is 1. The van der Waals surface area contributed by atoms with Crippen LogP contribution in [0, 0.1) is 5.82 Å². The summed E-state index contributed by atoms with van der Waals surface area (Å²) in [5.41, 5.74) is 1.56. The van der Waals surface area contributed by atoms with Crippen LogP contribution < -0.4 is 4.90 Å². The van der Waals surface area contributed by atoms with Crippen LogP contribution in [0.25, 0.3) is 0 Å². The molecule has 0 bridgehead atoms. The van der Waals surface area contributed by atoms with Gasteiger partial charge in [0.15, 0.2) is 5.13 Å². The van der Waals surface area contributed by atoms with Crippen molar-refractivity contribution < 1.29 is 12.8 Å². The maximum Gasteiger partial charge on any atom is 0.243 e. The first-order valence-corrected chi connectivity index (χ1v) is 12.8. The van der Waals surface area contributed by atoms with Crippen LogP contribution in [0.1, 0.15) is 11.3 Å². The average Bonchev–Trinajstić information content (AvgIpc) is 3.15. The highest BCUT2D eigenvalue weighted by Crippen LogP contribution is 2.28. The van der Waals surface area contributed by atoms with Gasteiger partial charge >= 0.3 is 0 Å². The Labute approximate surface area is 199 Å². The molecule has 1 aromatic heterocycles. The quantitative estimate of drug-likeness (QED) is 0.455. The summed E-state index contributed by atoms with van der Waals surface area (Å²) in [5.74, 6) is -0.378. The lowest BCUT2D eigenvalue weighted by molar-refractivity contribution is 0.384. The van der Waals surface area contributed by atoms with Crippen LogP contribution in [-0.2, 0) is 16.4 Å². The summed E-state index contributed by atoms with van der Waals surface area (Å²) < 4.78 is 40.8. The summed E-state index contributed by atoms with van der Waals surface area (Å²) in [6.07, 6.45) is 0.470. The fourth-order valence-corrected chi connectivity index (χ4v) is 6.66. The van der Waals surface area contributed by atoms with Crippen molar-refractivity contribution in [1.82, 2.24) is 9.29 Å². The lowest BCUT2D eigenvalue weighted by Crippen LogP contribution is -2.48. The lowest BCUT2D eigenvalue weighted by Gasteiger charge is -2.33. The molecule has 0 radical (unpaired) electrons. The minimum absolute atomic E-state index is 0.0868. The molecule has 0 amide bonds. The van der Waals surface area contributed by atoms with E-state index >= 15 is 0 Å². The normalized spacial score (nSPS) is 15.4. The number of piperazine rings is 1. The zero-order valence-corrected chi connectivity index (χ0v) is 20.0. The van der Waals surface area contributed by atoms with E-state index in [1.54, 1.807) is 6.07 Å². The van der Waals surface area contributed by atoms with E-state index < -0.39 is 10.0 Å². The van der Waals surface area contributed by atoms with Crippen LogP contribution in [0.2, 0.25) is 15.1 Å². The van der Waals surface area contributed by atoms with Crippen LogP contribution >= 0.6 is 46.1 Å². The van der Waals surface area contributed by atoms with Gasteiger partial charge in [-0.2, -0.15) is 4.31 Å². The largest absolute Gasteiger partial charge is 0.345 e. The second-order valence-corrected chi connectivity index (χ2v) is 11.2. The molecular formula is C20H17Cl3FN3O2S2. The SMILES string of the molecule is O=S(=O)(c1cc(Cl)cc(Cl)c1)N1CCN(c2nc(Cc3cc(F)cc(Cl)c3)cs2)CC1. The van der Waals surface area contributed by atoms with E-state index in [0.29, 0.717) is 37.6 Å². The third kappa shape index (κ3) is 5.32. The van der Waals surface area contributed by atoms with Gasteiger partial charge < -0.3 is 4.90 Å². The Bertz CT molecular complexity index is 1170. The first-order chi connectivity index (χ1) is 14.7. The minimum Gasteiger partial charge on any atom is -0.345 e. The van der Waals surface area contributed by atoms with Gasteiger partial charge in [-0.05, 0) is 42.0 Å². The molecular weight excluding hydrogens is 504 g/mol. The van der Waals surface area contributed by atoms with Crippen molar-refractivity contribution in [2.45, 2.75) is 11.3 Å². The van der Waals surface area contributed by atoms with Gasteiger partial charge in [0.2, 0.25) is 10.0 Å². The summed E-state index contributed by atoms with van der Waals surface area (Å²) >= 11 is 19.3. The highest BCUT2D eigenvalue weighted by atomic mass is 35.5. The van der Waals surface area contributed by atoms with E-state index in [1.807, 2.05) is 10.3 Å². The highest BCUT2D eigenvalue weighted by Gasteiger charge is 2.30. The van der Waals surface area contributed by atoms with Crippen molar-refractivity contribution >= 4 is 61.3 Å². The van der Waals surface area contributed by atoms with E-state index in [2.05, 4.69) is 4.98 Å². The maximum absolute atomic E-state index is 13.5. The molecule has 0 saturated carbocycles. The van der Waals surface area contributed by atoms with E-state index in [0.717, 1.165) is 16.4 Å². The number of rotatable bonds is 5. The summed E-state index contributed by atoms with van der Waals surface area (Å²) in [4.78, 5) is 6.77. The topological polar surface area (TPSA) is 53.5 Å². The molecule has 1 fully saturated rings. The number of anilines is 1. The van der Waals surface area contributed by atoms with Gasteiger partial charge in [0, 0.05) is 53.0 Å². The maximum atomic E-state index is 13.5. The number of hydrogen-bond acceptors (Lipinski definition) is 5. The predicted molar refractivity (Wildman–Crippen MR) is 124 cm³/mol. The van der Waals surface area contributed by atoms with Crippen molar-refractivity contribution in [3.63, 3.8) is 0 Å². The second kappa shape index (κ2) is 9.21. The van der Waals surface area contributed by atoms with Crippen molar-refractivity contribution in [1.29, 1.82) is 0 Å². The molecule has 0 N–H and O–H groups in total. The molecule has 164 valence electrons. The van der Waals surface area contributed by atoms with Crippen molar-refractivity contribution in [3.05, 3.63) is 73.9 Å². The summed E-state index contributed by atoms with van der Waals surface area (Å²) in [5, 5.41) is 3.63. The summed E-state index contributed by atoms with van der Waals surface area (Å²) in [6, 6.07) is 8.73. The van der Waals surface area contributed by atoms with Crippen molar-refractivity contribution in [3.8, 4) is 0 Å². The zero-order valence-electron chi connectivity index (χ0n) is 16.1. The number of thiazole rings is 1. The number of sulfonamides is 1. The fraction of sp³-hybridized carbons (Fsp3) is 0.250. The van der Waals surface area contributed by atoms with E-state index in [1.165, 1.54) is 46.0 Å². The minimum atomic E-state index is -3.68. The van der Waals surface area contributed by atoms with Crippen LogP contribution in [0.15, 0.2) is 46.7 Å². The molecule has 4 rings (SSSR count). The Kier molecular flexibility index (Phi) is 6.76. The van der Waals surface area contributed by atoms with Gasteiger partial charge in [0.25, 0.3) is 0 Å². The third-order valence-corrected chi connectivity index (χ3v) is 8.31. The Morgan fingerprint density at radius 2 is 1.58 bits per heavy atom. The summed E-state index contributed by atoms with van der Waals surface area (Å²) in [7, 11) is -3.68. The zero-order chi connectivity index (χ0) is 22.2. The Morgan fingerprint density at radius 1 is 0.935 bits per heavy atom. The molecule has 11 heteroatoms. The molecule has 1 aliphatic heterocycles. The first-order valence-electron chi connectivity index (χ1n) is 9.31. The lowest BCUT2D eigenvalue weighted by atomic mass is 10.1. The Morgan fingerprint density at radius 3 is 2.23 bits per heavy atom. The molecule has 0 aliphatic carbocycles.